The Hall–Kier alpha value is -5.16. The van der Waals surface area contributed by atoms with Crippen LogP contribution in [0.1, 0.15) is 88.1 Å². The van der Waals surface area contributed by atoms with Crippen molar-refractivity contribution in [3.8, 4) is 17.2 Å². The molecule has 5 aliphatic heterocycles. The second-order valence-corrected chi connectivity index (χ2v) is 17.2. The zero-order chi connectivity index (χ0) is 45.7. The van der Waals surface area contributed by atoms with Crippen LogP contribution in [0, 0.1) is 0 Å². The fourth-order valence-electron chi connectivity index (χ4n) is 10.0. The zero-order valence-corrected chi connectivity index (χ0v) is 35.9. The fourth-order valence-corrected chi connectivity index (χ4v) is 10.0. The molecular weight excluding hydrogens is 854 g/mol. The van der Waals surface area contributed by atoms with Crippen molar-refractivity contribution >= 4 is 35.1 Å². The SMILES string of the molecule is COc1cccc2c1C(=O)c1c(O)c3c(c(O)c1C2=O)C[C@@](O)(C(=O)COC1CCCC(COCC(=O)NCCN2C(=O)C=CC2=O)O1)C[C@@H]3O[C@H]1C[C@H]2[C@H](O[C@@H]3COCCN32)[C@H](C)O1. The molecule has 4 saturated heterocycles. The number of hydrogen-bond acceptors (Lipinski definition) is 18. The van der Waals surface area contributed by atoms with Gasteiger partial charge in [0.25, 0.3) is 11.8 Å². The van der Waals surface area contributed by atoms with Gasteiger partial charge in [-0.1, -0.05) is 12.1 Å². The first-order valence-corrected chi connectivity index (χ1v) is 21.8. The molecule has 20 nitrogen and oxygen atoms in total. The van der Waals surface area contributed by atoms with Crippen molar-refractivity contribution in [3.05, 3.63) is 63.7 Å². The van der Waals surface area contributed by atoms with Crippen LogP contribution in [0.5, 0.6) is 17.2 Å². The standard InChI is InChI=1S/C45H51N3O17/c1-22-44-26(47-13-14-59-21-33(47)65-44)15-35(62-22)64-28-17-45(57,16-25-37(28)43(56)39-38(41(25)54)40(53)24-6-4-7-27(58-2)36(24)42(39)55)29(49)19-61-34-8-3-5-23(63-34)18-60-20-30(50)46-11-12-48-31(51)9-10-32(48)52/h4,6-7,9-10,22-23,26,28,33-35,44,54,56-57H,3,5,8,11-21H2,1-2H3,(H,46,50)/t22-,23?,26-,28-,33+,34?,35-,44+,45-/m0/s1. The number of ketones is 3. The molecule has 2 unspecified atom stereocenters. The molecule has 2 aliphatic carbocycles. The topological polar surface area (TPSA) is 255 Å². The van der Waals surface area contributed by atoms with Gasteiger partial charge in [-0.05, 0) is 32.3 Å². The highest BCUT2D eigenvalue weighted by Crippen LogP contribution is 2.53. The highest BCUT2D eigenvalue weighted by molar-refractivity contribution is 6.31. The highest BCUT2D eigenvalue weighted by atomic mass is 16.7. The lowest BCUT2D eigenvalue weighted by Gasteiger charge is -2.43. The fraction of sp³-hybridized carbons (Fsp3) is 0.556. The van der Waals surface area contributed by atoms with Crippen LogP contribution in [0.25, 0.3) is 0 Å². The first-order valence-electron chi connectivity index (χ1n) is 21.8. The van der Waals surface area contributed by atoms with E-state index in [1.807, 2.05) is 6.92 Å². The monoisotopic (exact) mass is 905 g/mol. The quantitative estimate of drug-likeness (QED) is 0.128. The average Bonchev–Trinajstić information content (AvgIpc) is 3.83. The molecule has 5 heterocycles. The third-order valence-corrected chi connectivity index (χ3v) is 13.2. The van der Waals surface area contributed by atoms with Crippen LogP contribution in [0.15, 0.2) is 30.4 Å². The lowest BCUT2D eigenvalue weighted by molar-refractivity contribution is -0.247. The molecule has 0 radical (unpaired) electrons. The third-order valence-electron chi connectivity index (χ3n) is 13.2. The van der Waals surface area contributed by atoms with Crippen molar-refractivity contribution in [1.29, 1.82) is 0 Å². The molecule has 4 fully saturated rings. The van der Waals surface area contributed by atoms with Crippen LogP contribution in [0.4, 0.5) is 0 Å². The van der Waals surface area contributed by atoms with Crippen LogP contribution in [-0.2, 0) is 58.8 Å². The van der Waals surface area contributed by atoms with Gasteiger partial charge in [-0.2, -0.15) is 0 Å². The first kappa shape index (κ1) is 45.0. The summed E-state index contributed by atoms with van der Waals surface area (Å²) in [6, 6.07) is 4.31. The molecule has 0 aromatic heterocycles. The highest BCUT2D eigenvalue weighted by Gasteiger charge is 2.53. The van der Waals surface area contributed by atoms with Crippen molar-refractivity contribution in [2.24, 2.45) is 0 Å². The summed E-state index contributed by atoms with van der Waals surface area (Å²) in [6.45, 7) is 2.55. The number of morpholine rings is 1. The van der Waals surface area contributed by atoms with E-state index in [9.17, 15) is 44.1 Å². The molecule has 2 aromatic carbocycles. The summed E-state index contributed by atoms with van der Waals surface area (Å²) in [6.07, 6.45) is -1.42. The maximum Gasteiger partial charge on any atom is 0.253 e. The maximum absolute atomic E-state index is 14.2. The van der Waals surface area contributed by atoms with Gasteiger partial charge < -0.3 is 58.5 Å². The maximum atomic E-state index is 14.2. The van der Waals surface area contributed by atoms with E-state index < -0.39 is 114 Å². The molecule has 348 valence electrons. The summed E-state index contributed by atoms with van der Waals surface area (Å²) in [5.74, 6) is -4.88. The number of aliphatic hydroxyl groups is 1. The van der Waals surface area contributed by atoms with E-state index in [4.69, 9.17) is 37.9 Å². The van der Waals surface area contributed by atoms with Crippen molar-refractivity contribution in [2.75, 3.05) is 59.8 Å². The number of rotatable bonds is 14. The number of aromatic hydroxyl groups is 2. The summed E-state index contributed by atoms with van der Waals surface area (Å²) >= 11 is 0. The molecule has 3 amide bonds. The summed E-state index contributed by atoms with van der Waals surface area (Å²) in [4.78, 5) is 81.4. The minimum atomic E-state index is -2.27. The van der Waals surface area contributed by atoms with Gasteiger partial charge in [0, 0.05) is 73.8 Å². The van der Waals surface area contributed by atoms with Gasteiger partial charge in [0.15, 0.2) is 24.1 Å². The predicted octanol–water partition coefficient (Wildman–Crippen LogP) is 0.716. The minimum Gasteiger partial charge on any atom is -0.507 e. The van der Waals surface area contributed by atoms with Gasteiger partial charge in [-0.25, -0.2) is 0 Å². The van der Waals surface area contributed by atoms with Crippen LogP contribution in [0.3, 0.4) is 0 Å². The molecule has 0 bridgehead atoms. The normalized spacial score (nSPS) is 30.7. The van der Waals surface area contributed by atoms with E-state index in [-0.39, 0.29) is 72.7 Å². The predicted molar refractivity (Wildman–Crippen MR) is 219 cm³/mol. The number of imide groups is 1. The number of fused-ring (bicyclic) bond motifs is 6. The number of carbonyl (C=O) groups excluding carboxylic acids is 6. The number of phenols is 2. The Kier molecular flexibility index (Phi) is 12.6. The molecule has 2 aromatic rings. The second-order valence-electron chi connectivity index (χ2n) is 17.2. The number of nitrogens with zero attached hydrogens (tertiary/aromatic N) is 2. The van der Waals surface area contributed by atoms with Crippen molar-refractivity contribution in [1.82, 2.24) is 15.1 Å². The lowest BCUT2D eigenvalue weighted by atomic mass is 9.72. The van der Waals surface area contributed by atoms with Gasteiger partial charge in [0.05, 0.1) is 61.9 Å². The van der Waals surface area contributed by atoms with Gasteiger partial charge in [0.1, 0.15) is 48.4 Å². The van der Waals surface area contributed by atoms with E-state index in [1.54, 1.807) is 0 Å². The van der Waals surface area contributed by atoms with Crippen molar-refractivity contribution in [2.45, 2.75) is 100 Å². The largest absolute Gasteiger partial charge is 0.507 e. The summed E-state index contributed by atoms with van der Waals surface area (Å²) in [5.41, 5.74) is -3.54. The summed E-state index contributed by atoms with van der Waals surface area (Å²) in [7, 11) is 1.34. The smallest absolute Gasteiger partial charge is 0.253 e. The van der Waals surface area contributed by atoms with Crippen LogP contribution in [0.2, 0.25) is 0 Å². The molecular formula is C45H51N3O17. The van der Waals surface area contributed by atoms with E-state index in [2.05, 4.69) is 10.2 Å². The molecule has 4 N–H and O–H groups in total. The number of phenolic OH excluding ortho intramolecular Hbond substituents is 2. The molecule has 7 aliphatic rings. The number of hydrogen-bond donors (Lipinski definition) is 4. The van der Waals surface area contributed by atoms with Crippen LogP contribution < -0.4 is 10.1 Å². The first-order chi connectivity index (χ1) is 31.3. The van der Waals surface area contributed by atoms with Crippen molar-refractivity contribution in [3.63, 3.8) is 0 Å². The minimum absolute atomic E-state index is 0.0209. The Balaban J connectivity index is 0.903. The number of ether oxygens (including phenoxy) is 8. The molecule has 0 spiro atoms. The number of methoxy groups -OCH3 is 1. The number of benzene rings is 2. The number of nitrogens with one attached hydrogen (secondary N) is 1. The molecule has 20 heteroatoms. The van der Waals surface area contributed by atoms with E-state index in [1.165, 1.54) is 25.3 Å². The van der Waals surface area contributed by atoms with Gasteiger partial charge >= 0.3 is 0 Å². The van der Waals surface area contributed by atoms with E-state index in [0.29, 0.717) is 45.4 Å². The Bertz CT molecular complexity index is 2300. The molecule has 9 rings (SSSR count). The van der Waals surface area contributed by atoms with E-state index >= 15 is 0 Å². The number of Topliss-reactive ketones (excluding diaryl/α,β-unsaturated/α-hetero) is 1. The van der Waals surface area contributed by atoms with Gasteiger partial charge in [0.2, 0.25) is 11.7 Å². The Morgan fingerprint density at radius 1 is 0.954 bits per heavy atom. The van der Waals surface area contributed by atoms with Gasteiger partial charge in [-0.15, -0.1) is 0 Å². The molecule has 9 atom stereocenters. The molecule has 0 saturated carbocycles. The number of amides is 3. The van der Waals surface area contributed by atoms with E-state index in [0.717, 1.165) is 17.1 Å². The summed E-state index contributed by atoms with van der Waals surface area (Å²) < 4.78 is 47.7. The zero-order valence-electron chi connectivity index (χ0n) is 35.9. The van der Waals surface area contributed by atoms with Crippen molar-refractivity contribution < 1.29 is 82.0 Å². The van der Waals surface area contributed by atoms with Crippen LogP contribution >= 0.6 is 0 Å². The Morgan fingerprint density at radius 3 is 2.52 bits per heavy atom. The average molecular weight is 906 g/mol. The third kappa shape index (κ3) is 8.47. The number of carbonyl (C=O) groups is 6. The Labute approximate surface area is 372 Å². The summed E-state index contributed by atoms with van der Waals surface area (Å²) in [5, 5.41) is 39.0. The second kappa shape index (κ2) is 18.3. The van der Waals surface area contributed by atoms with Gasteiger partial charge in [-0.3, -0.25) is 38.6 Å². The van der Waals surface area contributed by atoms with Crippen LogP contribution in [-0.4, -0.2) is 169 Å². The molecule has 65 heavy (non-hydrogen) atoms. The lowest BCUT2D eigenvalue weighted by Crippen LogP contribution is -2.53. The Morgan fingerprint density at radius 2 is 1.74 bits per heavy atom.